The van der Waals surface area contributed by atoms with E-state index in [1.54, 1.807) is 6.07 Å². The monoisotopic (exact) mass is 378 g/mol. The summed E-state index contributed by atoms with van der Waals surface area (Å²) in [6.07, 6.45) is 0. The Morgan fingerprint density at radius 1 is 0.741 bits per heavy atom. The smallest absolute Gasteiger partial charge is 0.200 e. The van der Waals surface area contributed by atoms with Crippen molar-refractivity contribution < 1.29 is 19.8 Å². The number of hydrogen-bond donors (Lipinski definition) is 4. The van der Waals surface area contributed by atoms with Crippen molar-refractivity contribution in [1.29, 1.82) is 0 Å². The number of benzene rings is 3. The average Bonchev–Trinajstić information content (AvgIpc) is 2.65. The van der Waals surface area contributed by atoms with Gasteiger partial charge >= 0.3 is 0 Å². The highest BCUT2D eigenvalue weighted by molar-refractivity contribution is 7.99. The van der Waals surface area contributed by atoms with Gasteiger partial charge in [-0.1, -0.05) is 30.0 Å². The van der Waals surface area contributed by atoms with Crippen LogP contribution in [-0.4, -0.2) is 21.8 Å². The summed E-state index contributed by atoms with van der Waals surface area (Å²) < 4.78 is 0. The molecule has 1 aliphatic carbocycles. The van der Waals surface area contributed by atoms with Crippen LogP contribution in [0, 0.1) is 0 Å². The molecule has 7 heteroatoms. The molecular weight excluding hydrogens is 364 g/mol. The number of rotatable bonds is 2. The number of fused-ring (bicyclic) bond motifs is 2. The lowest BCUT2D eigenvalue weighted by Gasteiger charge is -2.23. The van der Waals surface area contributed by atoms with Crippen molar-refractivity contribution in [3.8, 4) is 11.5 Å². The highest BCUT2D eigenvalue weighted by atomic mass is 32.2. The number of carbonyl (C=O) groups excluding carboxylic acids is 2. The third-order valence-electron chi connectivity index (χ3n) is 4.40. The van der Waals surface area contributed by atoms with Crippen LogP contribution in [0.3, 0.4) is 0 Å². The molecule has 0 unspecified atom stereocenters. The maximum Gasteiger partial charge on any atom is 0.200 e. The summed E-state index contributed by atoms with van der Waals surface area (Å²) in [5.41, 5.74) is 11.9. The summed E-state index contributed by atoms with van der Waals surface area (Å²) in [7, 11) is 0. The molecule has 0 bridgehead atoms. The van der Waals surface area contributed by atoms with Crippen molar-refractivity contribution in [1.82, 2.24) is 0 Å². The Bertz CT molecular complexity index is 1130. The SMILES string of the molecule is Nc1cc(Sc2ccccc2)c(N)c2c1C(=O)c1c(O)ccc(O)c1C2=O. The zero-order valence-corrected chi connectivity index (χ0v) is 14.7. The number of aromatic hydroxyl groups is 2. The molecule has 134 valence electrons. The fourth-order valence-corrected chi connectivity index (χ4v) is 4.11. The van der Waals surface area contributed by atoms with Gasteiger partial charge < -0.3 is 21.7 Å². The second-order valence-electron chi connectivity index (χ2n) is 6.05. The fraction of sp³-hybridized carbons (Fsp3) is 0. The van der Waals surface area contributed by atoms with Gasteiger partial charge in [0.2, 0.25) is 11.6 Å². The van der Waals surface area contributed by atoms with E-state index in [4.69, 9.17) is 11.5 Å². The van der Waals surface area contributed by atoms with Gasteiger partial charge in [0, 0.05) is 15.5 Å². The first-order valence-electron chi connectivity index (χ1n) is 7.99. The highest BCUT2D eigenvalue weighted by Crippen LogP contribution is 2.45. The van der Waals surface area contributed by atoms with Crippen molar-refractivity contribution in [3.05, 3.63) is 70.8 Å². The normalized spacial score (nSPS) is 12.6. The Morgan fingerprint density at radius 3 is 1.89 bits per heavy atom. The van der Waals surface area contributed by atoms with E-state index in [-0.39, 0.29) is 33.6 Å². The summed E-state index contributed by atoms with van der Waals surface area (Å²) in [5.74, 6) is -2.08. The van der Waals surface area contributed by atoms with Crippen molar-refractivity contribution >= 4 is 34.7 Å². The Kier molecular flexibility index (Phi) is 3.82. The minimum atomic E-state index is -0.646. The first-order chi connectivity index (χ1) is 12.9. The lowest BCUT2D eigenvalue weighted by atomic mass is 9.81. The molecule has 0 radical (unpaired) electrons. The molecule has 0 saturated carbocycles. The van der Waals surface area contributed by atoms with Crippen LogP contribution < -0.4 is 11.5 Å². The van der Waals surface area contributed by atoms with Crippen molar-refractivity contribution in [2.45, 2.75) is 9.79 Å². The number of phenolic OH excluding ortho intramolecular Hbond substituents is 2. The predicted molar refractivity (Wildman–Crippen MR) is 102 cm³/mol. The van der Waals surface area contributed by atoms with Crippen LogP contribution in [0.5, 0.6) is 11.5 Å². The first kappa shape index (κ1) is 17.0. The molecule has 6 N–H and O–H groups in total. The van der Waals surface area contributed by atoms with Gasteiger partial charge in [0.1, 0.15) is 11.5 Å². The summed E-state index contributed by atoms with van der Waals surface area (Å²) in [6.45, 7) is 0. The number of carbonyl (C=O) groups is 2. The van der Waals surface area contributed by atoms with Crippen LogP contribution >= 0.6 is 11.8 Å². The van der Waals surface area contributed by atoms with Crippen LogP contribution in [0.1, 0.15) is 31.8 Å². The van der Waals surface area contributed by atoms with Crippen LogP contribution in [0.2, 0.25) is 0 Å². The topological polar surface area (TPSA) is 127 Å². The maximum atomic E-state index is 13.0. The Morgan fingerprint density at radius 2 is 1.30 bits per heavy atom. The molecule has 27 heavy (non-hydrogen) atoms. The van der Waals surface area contributed by atoms with E-state index >= 15 is 0 Å². The van der Waals surface area contributed by atoms with Crippen molar-refractivity contribution in [2.75, 3.05) is 11.5 Å². The molecule has 3 aromatic rings. The molecule has 4 rings (SSSR count). The zero-order chi connectivity index (χ0) is 19.3. The van der Waals surface area contributed by atoms with Crippen LogP contribution in [0.25, 0.3) is 0 Å². The quantitative estimate of drug-likeness (QED) is 0.312. The van der Waals surface area contributed by atoms with Crippen LogP contribution in [0.4, 0.5) is 11.4 Å². The minimum Gasteiger partial charge on any atom is -0.507 e. The molecule has 0 amide bonds. The van der Waals surface area contributed by atoms with Gasteiger partial charge in [-0.15, -0.1) is 0 Å². The molecular formula is C20H14N2O4S. The largest absolute Gasteiger partial charge is 0.507 e. The summed E-state index contributed by atoms with van der Waals surface area (Å²) in [5, 5.41) is 20.1. The lowest BCUT2D eigenvalue weighted by molar-refractivity contribution is 0.0975. The van der Waals surface area contributed by atoms with Gasteiger partial charge in [-0.25, -0.2) is 0 Å². The van der Waals surface area contributed by atoms with Gasteiger partial charge in [0.05, 0.1) is 27.9 Å². The van der Waals surface area contributed by atoms with E-state index in [0.29, 0.717) is 4.90 Å². The first-order valence-corrected chi connectivity index (χ1v) is 8.81. The number of ketones is 2. The molecule has 0 aromatic heterocycles. The molecule has 0 aliphatic heterocycles. The number of phenols is 2. The Labute approximate surface area is 158 Å². The average molecular weight is 378 g/mol. The van der Waals surface area contributed by atoms with E-state index in [1.165, 1.54) is 11.8 Å². The Hall–Kier alpha value is -3.45. The molecule has 6 nitrogen and oxygen atoms in total. The van der Waals surface area contributed by atoms with Gasteiger partial charge in [-0.05, 0) is 30.3 Å². The third-order valence-corrected chi connectivity index (χ3v) is 5.47. The molecule has 1 aliphatic rings. The molecule has 3 aromatic carbocycles. The zero-order valence-electron chi connectivity index (χ0n) is 13.9. The number of anilines is 2. The van der Waals surface area contributed by atoms with E-state index in [2.05, 4.69) is 0 Å². The number of nitrogen functional groups attached to an aromatic ring is 2. The second kappa shape index (κ2) is 6.07. The van der Waals surface area contributed by atoms with Gasteiger partial charge in [0.15, 0.2) is 0 Å². The minimum absolute atomic E-state index is 0.0492. The van der Waals surface area contributed by atoms with Gasteiger partial charge in [-0.3, -0.25) is 9.59 Å². The van der Waals surface area contributed by atoms with E-state index in [9.17, 15) is 19.8 Å². The van der Waals surface area contributed by atoms with Crippen LogP contribution in [-0.2, 0) is 0 Å². The van der Waals surface area contributed by atoms with Crippen molar-refractivity contribution in [2.24, 2.45) is 0 Å². The molecule has 0 heterocycles. The summed E-state index contributed by atoms with van der Waals surface area (Å²) in [4.78, 5) is 27.4. The predicted octanol–water partition coefficient (Wildman–Crippen LogP) is 3.19. The maximum absolute atomic E-state index is 13.0. The fourth-order valence-electron chi connectivity index (χ4n) is 3.16. The van der Waals surface area contributed by atoms with Crippen LogP contribution in [0.15, 0.2) is 58.3 Å². The number of hydrogen-bond acceptors (Lipinski definition) is 7. The number of nitrogens with two attached hydrogens (primary N) is 2. The highest BCUT2D eigenvalue weighted by Gasteiger charge is 2.38. The lowest BCUT2D eigenvalue weighted by Crippen LogP contribution is -2.24. The Balaban J connectivity index is 1.94. The molecule has 0 saturated heterocycles. The third kappa shape index (κ3) is 2.51. The molecule has 0 atom stereocenters. The van der Waals surface area contributed by atoms with E-state index in [1.807, 2.05) is 30.3 Å². The molecule has 0 spiro atoms. The summed E-state index contributed by atoms with van der Waals surface area (Å²) >= 11 is 1.31. The van der Waals surface area contributed by atoms with Gasteiger partial charge in [-0.2, -0.15) is 0 Å². The summed E-state index contributed by atoms with van der Waals surface area (Å²) in [6, 6.07) is 13.2. The van der Waals surface area contributed by atoms with Gasteiger partial charge in [0.25, 0.3) is 0 Å². The molecule has 0 fully saturated rings. The van der Waals surface area contributed by atoms with Crippen molar-refractivity contribution in [3.63, 3.8) is 0 Å². The standard InChI is InChI=1S/C20H14N2O4S/c21-10-8-13(27-9-4-2-1-3-5-9)18(22)17-14(10)19(25)15-11(23)6-7-12(24)16(15)20(17)26/h1-8,23-24H,21-22H2. The van der Waals surface area contributed by atoms with E-state index in [0.717, 1.165) is 17.0 Å². The second-order valence-corrected chi connectivity index (χ2v) is 7.17. The van der Waals surface area contributed by atoms with E-state index < -0.39 is 23.1 Å².